The molecule has 0 saturated carbocycles. The van der Waals surface area contributed by atoms with E-state index in [2.05, 4.69) is 0 Å². The average molecular weight is 281 g/mol. The Hall–Kier alpha value is -2.07. The van der Waals surface area contributed by atoms with Gasteiger partial charge >= 0.3 is 0 Å². The first-order valence-corrected chi connectivity index (χ1v) is 7.43. The highest BCUT2D eigenvalue weighted by Gasteiger charge is 2.41. The van der Waals surface area contributed by atoms with E-state index in [1.165, 1.54) is 4.90 Å². The molecule has 4 heteroatoms. The van der Waals surface area contributed by atoms with Gasteiger partial charge in [0.25, 0.3) is 5.24 Å². The molecule has 1 aliphatic heterocycles. The molecule has 1 heterocycles. The number of nitrogens with zero attached hydrogens (tertiary/aromatic N) is 1. The molecule has 0 atom stereocenters. The maximum absolute atomic E-state index is 12.1. The molecule has 98 valence electrons. The third kappa shape index (κ3) is 1.48. The molecule has 4 rings (SSSR count). The molecular weight excluding hydrogens is 270 g/mol. The van der Waals surface area contributed by atoms with E-state index in [9.17, 15) is 9.59 Å². The number of imide groups is 1. The molecule has 2 aromatic rings. The van der Waals surface area contributed by atoms with Crippen LogP contribution in [0.5, 0.6) is 0 Å². The fourth-order valence-corrected chi connectivity index (χ4v) is 3.75. The lowest BCUT2D eigenvalue weighted by molar-refractivity contribution is -0.125. The Kier molecular flexibility index (Phi) is 2.47. The molecule has 0 aromatic heterocycles. The Balaban J connectivity index is 1.96. The van der Waals surface area contributed by atoms with Gasteiger partial charge in [-0.3, -0.25) is 14.5 Å². The molecule has 0 unspecified atom stereocenters. The summed E-state index contributed by atoms with van der Waals surface area (Å²) >= 11 is 1.09. The molecule has 1 saturated heterocycles. The standard InChI is InChI=1S/C16H11NO2S/c18-14-9-20-16(19)17(14)15-12-7-3-1-5-10(12)11-6-2-4-8-13(11)15/h1-8,15H,9H2. The Bertz CT molecular complexity index is 679. The minimum atomic E-state index is -0.266. The maximum atomic E-state index is 12.1. The van der Waals surface area contributed by atoms with Crippen molar-refractivity contribution in [3.05, 3.63) is 59.7 Å². The summed E-state index contributed by atoms with van der Waals surface area (Å²) in [5.41, 5.74) is 4.31. The first-order valence-electron chi connectivity index (χ1n) is 6.44. The molecule has 0 spiro atoms. The van der Waals surface area contributed by atoms with Crippen LogP contribution in [-0.2, 0) is 4.79 Å². The number of fused-ring (bicyclic) bond motifs is 3. The number of amides is 2. The summed E-state index contributed by atoms with van der Waals surface area (Å²) in [6, 6.07) is 15.7. The number of carbonyl (C=O) groups excluding carboxylic acids is 2. The smallest absolute Gasteiger partial charge is 0.273 e. The highest BCUT2D eigenvalue weighted by atomic mass is 32.2. The molecule has 3 nitrogen and oxygen atoms in total. The van der Waals surface area contributed by atoms with Gasteiger partial charge in [0.1, 0.15) is 0 Å². The Morgan fingerprint density at radius 1 is 0.900 bits per heavy atom. The quantitative estimate of drug-likeness (QED) is 0.803. The van der Waals surface area contributed by atoms with Crippen molar-refractivity contribution in [3.8, 4) is 11.1 Å². The van der Waals surface area contributed by atoms with Gasteiger partial charge in [0.2, 0.25) is 5.91 Å². The first kappa shape index (κ1) is 11.7. The van der Waals surface area contributed by atoms with Crippen molar-refractivity contribution >= 4 is 22.9 Å². The molecule has 2 aliphatic rings. The van der Waals surface area contributed by atoms with Crippen LogP contribution < -0.4 is 0 Å². The van der Waals surface area contributed by atoms with E-state index in [0.717, 1.165) is 34.0 Å². The van der Waals surface area contributed by atoms with Gasteiger partial charge < -0.3 is 0 Å². The molecule has 0 radical (unpaired) electrons. The summed E-state index contributed by atoms with van der Waals surface area (Å²) in [6.45, 7) is 0. The zero-order chi connectivity index (χ0) is 13.7. The number of carbonyl (C=O) groups is 2. The van der Waals surface area contributed by atoms with Crippen LogP contribution in [0.2, 0.25) is 0 Å². The second kappa shape index (κ2) is 4.21. The predicted octanol–water partition coefficient (Wildman–Crippen LogP) is 3.45. The summed E-state index contributed by atoms with van der Waals surface area (Å²) in [4.78, 5) is 25.5. The SMILES string of the molecule is O=C1CSC(=O)N1C1c2ccccc2-c2ccccc21. The van der Waals surface area contributed by atoms with Crippen LogP contribution in [0, 0.1) is 0 Å². The van der Waals surface area contributed by atoms with E-state index >= 15 is 0 Å². The highest BCUT2D eigenvalue weighted by molar-refractivity contribution is 8.14. The van der Waals surface area contributed by atoms with E-state index in [-0.39, 0.29) is 22.9 Å². The van der Waals surface area contributed by atoms with Crippen LogP contribution in [0.25, 0.3) is 11.1 Å². The van der Waals surface area contributed by atoms with E-state index in [0.29, 0.717) is 0 Å². The Morgan fingerprint density at radius 3 is 1.95 bits per heavy atom. The van der Waals surface area contributed by atoms with Crippen molar-refractivity contribution in [3.63, 3.8) is 0 Å². The second-order valence-corrected chi connectivity index (χ2v) is 5.82. The van der Waals surface area contributed by atoms with E-state index in [1.807, 2.05) is 48.5 Å². The van der Waals surface area contributed by atoms with Gasteiger partial charge in [0.05, 0.1) is 11.8 Å². The highest BCUT2D eigenvalue weighted by Crippen LogP contribution is 2.47. The molecule has 2 amide bonds. The lowest BCUT2D eigenvalue weighted by Crippen LogP contribution is -2.32. The molecule has 0 N–H and O–H groups in total. The number of hydrogen-bond donors (Lipinski definition) is 0. The first-order chi connectivity index (χ1) is 9.77. The summed E-state index contributed by atoms with van der Waals surface area (Å²) in [5, 5.41) is -0.147. The lowest BCUT2D eigenvalue weighted by Gasteiger charge is -2.23. The lowest BCUT2D eigenvalue weighted by atomic mass is 10.0. The molecule has 20 heavy (non-hydrogen) atoms. The monoisotopic (exact) mass is 281 g/mol. The van der Waals surface area contributed by atoms with Crippen LogP contribution in [0.1, 0.15) is 17.2 Å². The molecule has 0 bridgehead atoms. The third-order valence-corrected chi connectivity index (χ3v) is 4.68. The fourth-order valence-electron chi connectivity index (χ4n) is 3.02. The van der Waals surface area contributed by atoms with Crippen LogP contribution in [-0.4, -0.2) is 21.8 Å². The summed E-state index contributed by atoms with van der Waals surface area (Å²) in [6.07, 6.45) is 0. The summed E-state index contributed by atoms with van der Waals surface area (Å²) in [5.74, 6) is 0.149. The molecule has 1 aliphatic carbocycles. The second-order valence-electron chi connectivity index (χ2n) is 4.90. The maximum Gasteiger partial charge on any atom is 0.289 e. The van der Waals surface area contributed by atoms with Crippen molar-refractivity contribution in [2.75, 3.05) is 5.75 Å². The normalized spacial score (nSPS) is 17.5. The zero-order valence-electron chi connectivity index (χ0n) is 10.6. The van der Waals surface area contributed by atoms with Crippen molar-refractivity contribution < 1.29 is 9.59 Å². The van der Waals surface area contributed by atoms with Crippen LogP contribution in [0.3, 0.4) is 0 Å². The van der Waals surface area contributed by atoms with Crippen molar-refractivity contribution in [2.24, 2.45) is 0 Å². The zero-order valence-corrected chi connectivity index (χ0v) is 11.4. The van der Waals surface area contributed by atoms with Gasteiger partial charge in [-0.25, -0.2) is 0 Å². The number of hydrogen-bond acceptors (Lipinski definition) is 3. The average Bonchev–Trinajstić information content (AvgIpc) is 2.97. The fraction of sp³-hybridized carbons (Fsp3) is 0.125. The molecule has 1 fully saturated rings. The minimum Gasteiger partial charge on any atom is -0.273 e. The van der Waals surface area contributed by atoms with Gasteiger partial charge in [-0.2, -0.15) is 0 Å². The van der Waals surface area contributed by atoms with Crippen LogP contribution in [0.15, 0.2) is 48.5 Å². The van der Waals surface area contributed by atoms with Crippen molar-refractivity contribution in [1.82, 2.24) is 4.90 Å². The van der Waals surface area contributed by atoms with Gasteiger partial charge in [0, 0.05) is 0 Å². The van der Waals surface area contributed by atoms with Gasteiger partial charge in [-0.15, -0.1) is 0 Å². The summed E-state index contributed by atoms with van der Waals surface area (Å²) < 4.78 is 0. The van der Waals surface area contributed by atoms with Crippen LogP contribution >= 0.6 is 11.8 Å². The number of benzene rings is 2. The van der Waals surface area contributed by atoms with Crippen LogP contribution in [0.4, 0.5) is 4.79 Å². The van der Waals surface area contributed by atoms with E-state index < -0.39 is 0 Å². The topological polar surface area (TPSA) is 37.4 Å². The van der Waals surface area contributed by atoms with Crippen molar-refractivity contribution in [2.45, 2.75) is 6.04 Å². The summed E-state index contributed by atoms with van der Waals surface area (Å²) in [7, 11) is 0. The van der Waals surface area contributed by atoms with Gasteiger partial charge in [-0.05, 0) is 22.3 Å². The van der Waals surface area contributed by atoms with E-state index in [1.54, 1.807) is 0 Å². The molecular formula is C16H11NO2S. The van der Waals surface area contributed by atoms with Gasteiger partial charge in [-0.1, -0.05) is 60.3 Å². The largest absolute Gasteiger partial charge is 0.289 e. The van der Waals surface area contributed by atoms with Crippen molar-refractivity contribution in [1.29, 1.82) is 0 Å². The Labute approximate surface area is 120 Å². The van der Waals surface area contributed by atoms with E-state index in [4.69, 9.17) is 0 Å². The minimum absolute atomic E-state index is 0.100. The predicted molar refractivity (Wildman–Crippen MR) is 78.4 cm³/mol. The Morgan fingerprint density at radius 2 is 1.45 bits per heavy atom. The number of rotatable bonds is 1. The molecule has 2 aromatic carbocycles. The third-order valence-electron chi connectivity index (χ3n) is 3.84. The van der Waals surface area contributed by atoms with Gasteiger partial charge in [0.15, 0.2) is 0 Å². The number of thioether (sulfide) groups is 1.